The molecule has 1 aromatic carbocycles. The van der Waals surface area contributed by atoms with Crippen molar-refractivity contribution in [2.24, 2.45) is 5.41 Å². The largest absolute Gasteiger partial charge is 0.478 e. The lowest BCUT2D eigenvalue weighted by Gasteiger charge is -2.45. The lowest BCUT2D eigenvalue weighted by molar-refractivity contribution is -0.131. The first-order valence-corrected chi connectivity index (χ1v) is 7.13. The summed E-state index contributed by atoms with van der Waals surface area (Å²) in [6.45, 7) is 5.32. The zero-order chi connectivity index (χ0) is 16.5. The van der Waals surface area contributed by atoms with Gasteiger partial charge in [0.05, 0.1) is 0 Å². The molecule has 22 heavy (non-hydrogen) atoms. The topological polar surface area (TPSA) is 74.6 Å². The molecule has 1 aliphatic rings. The van der Waals surface area contributed by atoms with Crippen LogP contribution >= 0.6 is 0 Å². The second kappa shape index (κ2) is 5.54. The Morgan fingerprint density at radius 1 is 1.27 bits per heavy atom. The maximum atomic E-state index is 12.2. The van der Waals surface area contributed by atoms with E-state index in [-0.39, 0.29) is 12.2 Å². The molecule has 4 heteroatoms. The second-order valence-corrected chi connectivity index (χ2v) is 6.36. The zero-order valence-electron chi connectivity index (χ0n) is 13.0. The number of hydrogen-bond acceptors (Lipinski definition) is 3. The van der Waals surface area contributed by atoms with E-state index in [4.69, 9.17) is 5.11 Å². The summed E-state index contributed by atoms with van der Waals surface area (Å²) in [6.07, 6.45) is 4.48. The Hall–Kier alpha value is -2.20. The number of carboxylic acid groups (broad SMARTS) is 1. The molecule has 0 unspecified atom stereocenters. The number of hydrogen-bond donors (Lipinski definition) is 2. The fraction of sp³-hybridized carbons (Fsp3) is 0.333. The summed E-state index contributed by atoms with van der Waals surface area (Å²) < 4.78 is 0. The summed E-state index contributed by atoms with van der Waals surface area (Å²) in [5.41, 5.74) is -0.403. The van der Waals surface area contributed by atoms with Gasteiger partial charge in [0, 0.05) is 23.5 Å². The average Bonchev–Trinajstić information content (AvgIpc) is 2.42. The number of fused-ring (bicyclic) bond motifs is 1. The van der Waals surface area contributed by atoms with E-state index in [0.717, 1.165) is 6.08 Å². The van der Waals surface area contributed by atoms with E-state index in [1.165, 1.54) is 0 Å². The third kappa shape index (κ3) is 2.74. The van der Waals surface area contributed by atoms with Crippen molar-refractivity contribution in [2.45, 2.75) is 32.8 Å². The maximum Gasteiger partial charge on any atom is 0.328 e. The van der Waals surface area contributed by atoms with E-state index < -0.39 is 17.0 Å². The quantitative estimate of drug-likeness (QED) is 0.664. The minimum absolute atomic E-state index is 0.0106. The first-order valence-electron chi connectivity index (χ1n) is 7.13. The van der Waals surface area contributed by atoms with Gasteiger partial charge in [0.1, 0.15) is 5.60 Å². The molecule has 0 heterocycles. The number of aliphatic carboxylic acids is 1. The van der Waals surface area contributed by atoms with E-state index in [1.54, 1.807) is 43.3 Å². The lowest BCUT2D eigenvalue weighted by atomic mass is 9.62. The molecule has 1 aromatic rings. The molecule has 1 atom stereocenters. The summed E-state index contributed by atoms with van der Waals surface area (Å²) in [6, 6.07) is 7.02. The van der Waals surface area contributed by atoms with E-state index in [2.05, 4.69) is 0 Å². The van der Waals surface area contributed by atoms with Crippen molar-refractivity contribution in [3.05, 3.63) is 59.2 Å². The third-order valence-corrected chi connectivity index (χ3v) is 4.21. The number of allylic oxidation sites excluding steroid dienone is 2. The molecule has 0 spiro atoms. The highest BCUT2D eigenvalue weighted by Crippen LogP contribution is 2.49. The highest BCUT2D eigenvalue weighted by atomic mass is 16.4. The Morgan fingerprint density at radius 2 is 1.91 bits per heavy atom. The van der Waals surface area contributed by atoms with E-state index >= 15 is 0 Å². The number of carbonyl (C=O) groups is 2. The molecule has 116 valence electrons. The van der Waals surface area contributed by atoms with Gasteiger partial charge in [-0.15, -0.1) is 0 Å². The summed E-state index contributed by atoms with van der Waals surface area (Å²) >= 11 is 0. The van der Waals surface area contributed by atoms with Gasteiger partial charge in [-0.1, -0.05) is 44.2 Å². The summed E-state index contributed by atoms with van der Waals surface area (Å²) in [5.74, 6) is -1.02. The van der Waals surface area contributed by atoms with Crippen molar-refractivity contribution in [1.82, 2.24) is 0 Å². The van der Waals surface area contributed by atoms with Gasteiger partial charge in [0.15, 0.2) is 5.78 Å². The van der Waals surface area contributed by atoms with Crippen LogP contribution in [0, 0.1) is 5.41 Å². The van der Waals surface area contributed by atoms with E-state index in [9.17, 15) is 14.7 Å². The second-order valence-electron chi connectivity index (χ2n) is 6.36. The Bertz CT molecular complexity index is 682. The molecule has 0 bridgehead atoms. The maximum absolute atomic E-state index is 12.2. The van der Waals surface area contributed by atoms with E-state index in [1.807, 2.05) is 13.8 Å². The molecule has 2 N–H and O–H groups in total. The van der Waals surface area contributed by atoms with Crippen LogP contribution in [-0.2, 0) is 10.4 Å². The molecule has 1 aliphatic carbocycles. The van der Waals surface area contributed by atoms with Crippen LogP contribution < -0.4 is 0 Å². The van der Waals surface area contributed by atoms with Crippen LogP contribution in [0.1, 0.15) is 43.1 Å². The van der Waals surface area contributed by atoms with Crippen molar-refractivity contribution in [3.8, 4) is 0 Å². The highest BCUT2D eigenvalue weighted by molar-refractivity contribution is 5.99. The first-order chi connectivity index (χ1) is 10.2. The van der Waals surface area contributed by atoms with Gasteiger partial charge in [-0.3, -0.25) is 4.79 Å². The fourth-order valence-electron chi connectivity index (χ4n) is 2.86. The summed E-state index contributed by atoms with van der Waals surface area (Å²) in [7, 11) is 0. The monoisotopic (exact) mass is 300 g/mol. The molecule has 0 fully saturated rings. The first kappa shape index (κ1) is 16.2. The molecule has 0 saturated carbocycles. The van der Waals surface area contributed by atoms with Crippen LogP contribution in [0.15, 0.2) is 48.1 Å². The van der Waals surface area contributed by atoms with Crippen LogP contribution in [0.3, 0.4) is 0 Å². The number of Topliss-reactive ketones (excluding diaryl/α,β-unsaturated/α-hetero) is 1. The average molecular weight is 300 g/mol. The van der Waals surface area contributed by atoms with Crippen molar-refractivity contribution in [2.75, 3.05) is 0 Å². The van der Waals surface area contributed by atoms with Crippen molar-refractivity contribution < 1.29 is 19.8 Å². The Balaban J connectivity index is 2.55. The lowest BCUT2D eigenvalue weighted by Crippen LogP contribution is -2.46. The highest BCUT2D eigenvalue weighted by Gasteiger charge is 2.49. The predicted molar refractivity (Wildman–Crippen MR) is 83.6 cm³/mol. The smallest absolute Gasteiger partial charge is 0.328 e. The Labute approximate surface area is 129 Å². The number of carbonyl (C=O) groups excluding carboxylic acids is 1. The minimum atomic E-state index is -1.33. The third-order valence-electron chi connectivity index (χ3n) is 4.21. The molecule has 0 aliphatic heterocycles. The molecule has 2 rings (SSSR count). The Kier molecular flexibility index (Phi) is 4.07. The van der Waals surface area contributed by atoms with Gasteiger partial charge in [0.2, 0.25) is 0 Å². The van der Waals surface area contributed by atoms with Crippen LogP contribution in [-0.4, -0.2) is 22.0 Å². The molecule has 0 aromatic heterocycles. The predicted octanol–water partition coefficient (Wildman–Crippen LogP) is 3.07. The number of benzene rings is 1. The molecule has 0 saturated heterocycles. The molecule has 0 radical (unpaired) electrons. The number of carboxylic acids is 1. The summed E-state index contributed by atoms with van der Waals surface area (Å²) in [4.78, 5) is 22.9. The molecule has 4 nitrogen and oxygen atoms in total. The normalized spacial score (nSPS) is 24.4. The van der Waals surface area contributed by atoms with Crippen molar-refractivity contribution in [1.29, 1.82) is 0 Å². The molecular weight excluding hydrogens is 280 g/mol. The standard InChI is InChI=1S/C18H20O4/c1-12(10-16(20)21)8-9-18(22)14-7-5-4-6-13(14)15(19)11-17(18,2)3/h4-10,22H,11H2,1-3H3,(H,20,21)/b9-8+,12-10-/t18-/m1/s1. The van der Waals surface area contributed by atoms with Crippen LogP contribution in [0.25, 0.3) is 0 Å². The van der Waals surface area contributed by atoms with Crippen molar-refractivity contribution in [3.63, 3.8) is 0 Å². The zero-order valence-corrected chi connectivity index (χ0v) is 13.0. The van der Waals surface area contributed by atoms with Gasteiger partial charge in [-0.2, -0.15) is 0 Å². The SMILES string of the molecule is CC(=C/C(=O)O)/C=C/[C@@]1(O)c2ccccc2C(=O)CC1(C)C. The minimum Gasteiger partial charge on any atom is -0.478 e. The molecular formula is C18H20O4. The fourth-order valence-corrected chi connectivity index (χ4v) is 2.86. The van der Waals surface area contributed by atoms with Gasteiger partial charge in [0.25, 0.3) is 0 Å². The van der Waals surface area contributed by atoms with Crippen LogP contribution in [0.2, 0.25) is 0 Å². The molecule has 0 amide bonds. The van der Waals surface area contributed by atoms with Crippen LogP contribution in [0.4, 0.5) is 0 Å². The van der Waals surface area contributed by atoms with Crippen molar-refractivity contribution >= 4 is 11.8 Å². The van der Waals surface area contributed by atoms with Gasteiger partial charge >= 0.3 is 5.97 Å². The number of ketones is 1. The van der Waals surface area contributed by atoms with Crippen LogP contribution in [0.5, 0.6) is 0 Å². The van der Waals surface area contributed by atoms with Gasteiger partial charge in [-0.25, -0.2) is 4.79 Å². The summed E-state index contributed by atoms with van der Waals surface area (Å²) in [5, 5.41) is 20.0. The Morgan fingerprint density at radius 3 is 2.55 bits per heavy atom. The van der Waals surface area contributed by atoms with Gasteiger partial charge < -0.3 is 10.2 Å². The number of aliphatic hydroxyl groups is 1. The number of rotatable bonds is 3. The van der Waals surface area contributed by atoms with E-state index in [0.29, 0.717) is 16.7 Å². The van der Waals surface area contributed by atoms with Gasteiger partial charge in [-0.05, 0) is 24.1 Å².